The summed E-state index contributed by atoms with van der Waals surface area (Å²) < 4.78 is 3.83. The van der Waals surface area contributed by atoms with E-state index in [1.807, 2.05) is 48.8 Å². The SMILES string of the molecule is Cc1ncccc1CNC1CCc2cc(-n3c(-c4cccnc4N)nc4ccc(-n5cccn5)nc43)ccc21. The molecule has 0 amide bonds. The molecule has 0 spiro atoms. The molecule has 7 rings (SSSR count). The van der Waals surface area contributed by atoms with Crippen molar-refractivity contribution in [3.8, 4) is 22.9 Å². The van der Waals surface area contributed by atoms with Crippen molar-refractivity contribution in [2.75, 3.05) is 5.73 Å². The first-order valence-corrected chi connectivity index (χ1v) is 13.0. The lowest BCUT2D eigenvalue weighted by atomic mass is 10.1. The van der Waals surface area contributed by atoms with Crippen LogP contribution in [0, 0.1) is 6.92 Å². The minimum atomic E-state index is 0.297. The number of nitrogens with two attached hydrogens (primary N) is 1. The number of hydrogen-bond acceptors (Lipinski definition) is 7. The summed E-state index contributed by atoms with van der Waals surface area (Å²) in [6, 6.07) is 20.7. The van der Waals surface area contributed by atoms with Gasteiger partial charge in [0, 0.05) is 48.8 Å². The third-order valence-electron chi connectivity index (χ3n) is 7.43. The summed E-state index contributed by atoms with van der Waals surface area (Å²) in [5, 5.41) is 8.10. The van der Waals surface area contributed by atoms with Gasteiger partial charge >= 0.3 is 0 Å². The van der Waals surface area contributed by atoms with E-state index in [1.165, 1.54) is 16.7 Å². The Morgan fingerprint density at radius 3 is 2.72 bits per heavy atom. The predicted molar refractivity (Wildman–Crippen MR) is 151 cm³/mol. The zero-order chi connectivity index (χ0) is 26.3. The standard InChI is InChI=1S/C30H27N9/c1-19-21(5-2-13-32-19)18-34-25-10-7-20-17-22(8-9-23(20)25)39-29(24-6-3-14-33-28(24)31)36-26-11-12-27(37-30(26)39)38-16-4-15-35-38/h2-6,8-9,11-17,25,34H,7,10,18H2,1H3,(H2,31,33). The minimum Gasteiger partial charge on any atom is -0.383 e. The molecule has 1 unspecified atom stereocenters. The lowest BCUT2D eigenvalue weighted by Crippen LogP contribution is -2.19. The third-order valence-corrected chi connectivity index (χ3v) is 7.43. The van der Waals surface area contributed by atoms with Crippen LogP contribution in [-0.4, -0.2) is 34.3 Å². The molecule has 5 aromatic heterocycles. The van der Waals surface area contributed by atoms with Gasteiger partial charge < -0.3 is 11.1 Å². The Balaban J connectivity index is 1.31. The Hall–Kier alpha value is -4.89. The molecule has 1 aromatic carbocycles. The van der Waals surface area contributed by atoms with E-state index in [2.05, 4.69) is 56.1 Å². The van der Waals surface area contributed by atoms with Crippen LogP contribution < -0.4 is 11.1 Å². The van der Waals surface area contributed by atoms with Crippen LogP contribution in [0.2, 0.25) is 0 Å². The molecule has 1 aliphatic rings. The Morgan fingerprint density at radius 2 is 1.87 bits per heavy atom. The van der Waals surface area contributed by atoms with Crippen LogP contribution >= 0.6 is 0 Å². The van der Waals surface area contributed by atoms with Gasteiger partial charge in [-0.25, -0.2) is 19.6 Å². The van der Waals surface area contributed by atoms with Crippen molar-refractivity contribution >= 4 is 17.0 Å². The molecule has 192 valence electrons. The third kappa shape index (κ3) is 4.13. The zero-order valence-corrected chi connectivity index (χ0v) is 21.5. The van der Waals surface area contributed by atoms with E-state index in [9.17, 15) is 0 Å². The van der Waals surface area contributed by atoms with Crippen molar-refractivity contribution in [3.63, 3.8) is 0 Å². The van der Waals surface area contributed by atoms with E-state index in [0.29, 0.717) is 17.7 Å². The van der Waals surface area contributed by atoms with E-state index < -0.39 is 0 Å². The highest BCUT2D eigenvalue weighted by molar-refractivity contribution is 5.83. The highest BCUT2D eigenvalue weighted by Gasteiger charge is 2.25. The summed E-state index contributed by atoms with van der Waals surface area (Å²) in [6.45, 7) is 2.85. The molecule has 9 heteroatoms. The number of pyridine rings is 3. The molecular weight excluding hydrogens is 486 g/mol. The zero-order valence-electron chi connectivity index (χ0n) is 21.5. The van der Waals surface area contributed by atoms with Gasteiger partial charge in [-0.15, -0.1) is 0 Å². The fraction of sp³-hybridized carbons (Fsp3) is 0.167. The van der Waals surface area contributed by atoms with Gasteiger partial charge in [-0.2, -0.15) is 5.10 Å². The average molecular weight is 514 g/mol. The van der Waals surface area contributed by atoms with E-state index >= 15 is 0 Å². The van der Waals surface area contributed by atoms with Crippen molar-refractivity contribution in [1.82, 2.24) is 39.6 Å². The van der Waals surface area contributed by atoms with Crippen molar-refractivity contribution in [1.29, 1.82) is 0 Å². The van der Waals surface area contributed by atoms with Gasteiger partial charge in [-0.3, -0.25) is 9.55 Å². The number of aryl methyl sites for hydroxylation is 2. The summed E-state index contributed by atoms with van der Waals surface area (Å²) in [5.74, 6) is 1.85. The Bertz CT molecular complexity index is 1800. The van der Waals surface area contributed by atoms with Gasteiger partial charge in [0.05, 0.1) is 5.56 Å². The van der Waals surface area contributed by atoms with E-state index in [1.54, 1.807) is 17.1 Å². The van der Waals surface area contributed by atoms with Crippen LogP contribution in [-0.2, 0) is 13.0 Å². The van der Waals surface area contributed by atoms with Crippen molar-refractivity contribution < 1.29 is 0 Å². The molecule has 0 fully saturated rings. The molecule has 1 atom stereocenters. The molecule has 3 N–H and O–H groups in total. The maximum absolute atomic E-state index is 6.32. The molecule has 39 heavy (non-hydrogen) atoms. The molecule has 0 saturated heterocycles. The summed E-state index contributed by atoms with van der Waals surface area (Å²) in [5.41, 5.74) is 14.5. The number of nitrogen functional groups attached to an aromatic ring is 1. The van der Waals surface area contributed by atoms with Gasteiger partial charge in [0.1, 0.15) is 11.3 Å². The smallest absolute Gasteiger partial charge is 0.167 e. The summed E-state index contributed by atoms with van der Waals surface area (Å²) in [4.78, 5) is 18.7. The Labute approximate surface area is 225 Å². The predicted octanol–water partition coefficient (Wildman–Crippen LogP) is 4.73. The number of fused-ring (bicyclic) bond motifs is 2. The second kappa shape index (κ2) is 9.45. The number of imidazole rings is 1. The lowest BCUT2D eigenvalue weighted by molar-refractivity contribution is 0.528. The lowest BCUT2D eigenvalue weighted by Gasteiger charge is -2.16. The van der Waals surface area contributed by atoms with Gasteiger partial charge in [-0.05, 0) is 85.0 Å². The van der Waals surface area contributed by atoms with Crippen LogP contribution in [0.4, 0.5) is 5.82 Å². The van der Waals surface area contributed by atoms with Gasteiger partial charge in [-0.1, -0.05) is 12.1 Å². The molecule has 1 aliphatic carbocycles. The topological polar surface area (TPSA) is 112 Å². The molecule has 6 aromatic rings. The Kier molecular flexibility index (Phi) is 5.63. The number of nitrogens with zero attached hydrogens (tertiary/aromatic N) is 7. The van der Waals surface area contributed by atoms with Gasteiger partial charge in [0.25, 0.3) is 0 Å². The first kappa shape index (κ1) is 23.2. The highest BCUT2D eigenvalue weighted by Crippen LogP contribution is 2.36. The van der Waals surface area contributed by atoms with Gasteiger partial charge in [0.2, 0.25) is 0 Å². The molecule has 5 heterocycles. The van der Waals surface area contributed by atoms with Crippen LogP contribution in [0.5, 0.6) is 0 Å². The second-order valence-corrected chi connectivity index (χ2v) is 9.77. The number of rotatable bonds is 6. The number of nitrogens with one attached hydrogen (secondary N) is 1. The normalized spacial score (nSPS) is 14.6. The fourth-order valence-electron chi connectivity index (χ4n) is 5.40. The number of benzene rings is 1. The van der Waals surface area contributed by atoms with E-state index in [-0.39, 0.29) is 0 Å². The summed E-state index contributed by atoms with van der Waals surface area (Å²) >= 11 is 0. The molecule has 9 nitrogen and oxygen atoms in total. The highest BCUT2D eigenvalue weighted by atomic mass is 15.3. The molecule has 0 saturated carbocycles. The first-order chi connectivity index (χ1) is 19.2. The van der Waals surface area contributed by atoms with E-state index in [4.69, 9.17) is 15.7 Å². The van der Waals surface area contributed by atoms with E-state index in [0.717, 1.165) is 53.3 Å². The minimum absolute atomic E-state index is 0.297. The molecule has 0 aliphatic heterocycles. The summed E-state index contributed by atoms with van der Waals surface area (Å²) in [7, 11) is 0. The first-order valence-electron chi connectivity index (χ1n) is 13.0. The van der Waals surface area contributed by atoms with Crippen LogP contribution in [0.15, 0.2) is 85.5 Å². The molecular formula is C30H27N9. The fourth-order valence-corrected chi connectivity index (χ4v) is 5.40. The second-order valence-electron chi connectivity index (χ2n) is 9.77. The maximum Gasteiger partial charge on any atom is 0.167 e. The number of aromatic nitrogens is 7. The van der Waals surface area contributed by atoms with Crippen molar-refractivity contribution in [2.45, 2.75) is 32.4 Å². The van der Waals surface area contributed by atoms with Crippen LogP contribution in [0.25, 0.3) is 34.1 Å². The average Bonchev–Trinajstić information content (AvgIpc) is 3.71. The quantitative estimate of drug-likeness (QED) is 0.331. The number of anilines is 1. The maximum atomic E-state index is 6.32. The number of hydrogen-bond donors (Lipinski definition) is 2. The monoisotopic (exact) mass is 513 g/mol. The summed E-state index contributed by atoms with van der Waals surface area (Å²) in [6.07, 6.45) is 9.19. The van der Waals surface area contributed by atoms with Crippen LogP contribution in [0.1, 0.15) is 34.8 Å². The Morgan fingerprint density at radius 1 is 0.974 bits per heavy atom. The largest absolute Gasteiger partial charge is 0.383 e. The van der Waals surface area contributed by atoms with Crippen LogP contribution in [0.3, 0.4) is 0 Å². The molecule has 0 bridgehead atoms. The van der Waals surface area contributed by atoms with Crippen molar-refractivity contribution in [2.24, 2.45) is 0 Å². The van der Waals surface area contributed by atoms with Crippen molar-refractivity contribution in [3.05, 3.63) is 108 Å². The molecule has 0 radical (unpaired) electrons. The van der Waals surface area contributed by atoms with Gasteiger partial charge in [0.15, 0.2) is 17.3 Å².